The van der Waals surface area contributed by atoms with E-state index in [1.54, 1.807) is 0 Å². The molecule has 40 heavy (non-hydrogen) atoms. The highest BCUT2D eigenvalue weighted by molar-refractivity contribution is 5.97. The Morgan fingerprint density at radius 1 is 1.10 bits per heavy atom. The molecule has 4 heterocycles. The van der Waals surface area contributed by atoms with E-state index in [0.717, 1.165) is 59.6 Å². The zero-order valence-corrected chi connectivity index (χ0v) is 23.2. The van der Waals surface area contributed by atoms with Crippen molar-refractivity contribution in [3.8, 4) is 22.6 Å². The summed E-state index contributed by atoms with van der Waals surface area (Å²) in [6, 6.07) is 20.4. The van der Waals surface area contributed by atoms with Gasteiger partial charge in [0.1, 0.15) is 0 Å². The van der Waals surface area contributed by atoms with Gasteiger partial charge in [0.2, 0.25) is 6.79 Å². The van der Waals surface area contributed by atoms with Crippen LogP contribution in [0.25, 0.3) is 22.0 Å². The smallest absolute Gasteiger partial charge is 0.253 e. The number of aliphatic hydroxyl groups excluding tert-OH is 1. The van der Waals surface area contributed by atoms with Crippen molar-refractivity contribution in [3.05, 3.63) is 83.0 Å². The van der Waals surface area contributed by atoms with Crippen LogP contribution in [0.3, 0.4) is 0 Å². The number of hydrogen-bond acceptors (Lipinski definition) is 5. The monoisotopic (exact) mass is 537 g/mol. The predicted molar refractivity (Wildman–Crippen MR) is 155 cm³/mol. The Morgan fingerprint density at radius 3 is 2.70 bits per heavy atom. The zero-order chi connectivity index (χ0) is 27.5. The maximum Gasteiger partial charge on any atom is 0.253 e. The number of aryl methyl sites for hydroxylation is 1. The van der Waals surface area contributed by atoms with Crippen molar-refractivity contribution in [3.63, 3.8) is 0 Å². The van der Waals surface area contributed by atoms with Crippen LogP contribution in [0.15, 0.2) is 60.7 Å². The Balaban J connectivity index is 1.25. The highest BCUT2D eigenvalue weighted by Crippen LogP contribution is 2.45. The SMILES string of the molecule is Cc1ccc(C(=O)N(C)[C@H]2C[C@H]3c4[nH]c5c(-c6ccc7c(c6)OCO7)cccc5c4CCN3C[C@H]2[C@H](C)O)cc1. The number of carbonyl (C=O) groups excluding carboxylic acids is 1. The molecule has 7 heteroatoms. The molecule has 4 aromatic rings. The second-order valence-electron chi connectivity index (χ2n) is 11.6. The molecule has 1 saturated heterocycles. The lowest BCUT2D eigenvalue weighted by molar-refractivity contribution is -0.0239. The number of benzene rings is 3. The molecule has 0 spiro atoms. The fourth-order valence-corrected chi connectivity index (χ4v) is 7.00. The first-order chi connectivity index (χ1) is 19.4. The van der Waals surface area contributed by atoms with Crippen LogP contribution in [0, 0.1) is 12.8 Å². The van der Waals surface area contributed by atoms with Crippen LogP contribution in [-0.2, 0) is 6.42 Å². The summed E-state index contributed by atoms with van der Waals surface area (Å²) in [6.45, 7) is 5.83. The summed E-state index contributed by atoms with van der Waals surface area (Å²) in [7, 11) is 1.89. The molecule has 1 aromatic heterocycles. The lowest BCUT2D eigenvalue weighted by atomic mass is 9.79. The minimum atomic E-state index is -0.513. The van der Waals surface area contributed by atoms with Crippen molar-refractivity contribution >= 4 is 16.8 Å². The molecule has 1 amide bonds. The summed E-state index contributed by atoms with van der Waals surface area (Å²) >= 11 is 0. The molecule has 3 aromatic carbocycles. The lowest BCUT2D eigenvalue weighted by Crippen LogP contribution is -2.56. The van der Waals surface area contributed by atoms with Gasteiger partial charge in [-0.05, 0) is 62.1 Å². The van der Waals surface area contributed by atoms with Crippen LogP contribution in [-0.4, -0.2) is 64.9 Å². The molecule has 0 radical (unpaired) electrons. The number of amides is 1. The molecule has 206 valence electrons. The number of aliphatic hydroxyl groups is 1. The number of H-pyrrole nitrogens is 1. The molecule has 3 aliphatic rings. The average Bonchev–Trinajstić information content (AvgIpc) is 3.60. The van der Waals surface area contributed by atoms with Crippen molar-refractivity contribution in [1.29, 1.82) is 0 Å². The molecule has 0 unspecified atom stereocenters. The standard InChI is InChI=1S/C33H35N3O4/c1-19-7-9-21(10-8-19)33(38)35(3)27-16-28-32-25(13-14-36(28)17-26(27)20(2)37)24-6-4-5-23(31(24)34-32)22-11-12-29-30(15-22)40-18-39-29/h4-12,15,20,26-28,34,37H,13-14,16-18H2,1-3H3/t20-,26-,27-,28-/m0/s1. The minimum Gasteiger partial charge on any atom is -0.454 e. The van der Waals surface area contributed by atoms with E-state index in [9.17, 15) is 9.90 Å². The second kappa shape index (κ2) is 9.68. The molecule has 0 saturated carbocycles. The van der Waals surface area contributed by atoms with E-state index in [2.05, 4.69) is 40.2 Å². The van der Waals surface area contributed by atoms with Gasteiger partial charge in [0.25, 0.3) is 5.91 Å². The summed E-state index contributed by atoms with van der Waals surface area (Å²) in [4.78, 5) is 21.8. The normalized spacial score (nSPS) is 22.6. The Kier molecular flexibility index (Phi) is 6.09. The molecule has 7 rings (SSSR count). The molecule has 4 atom stereocenters. The Hall–Kier alpha value is -3.81. The van der Waals surface area contributed by atoms with E-state index in [-0.39, 0.29) is 30.7 Å². The topological polar surface area (TPSA) is 78.0 Å². The number of nitrogens with zero attached hydrogens (tertiary/aromatic N) is 2. The van der Waals surface area contributed by atoms with Crippen LogP contribution < -0.4 is 9.47 Å². The second-order valence-corrected chi connectivity index (χ2v) is 11.6. The minimum absolute atomic E-state index is 0.00174. The highest BCUT2D eigenvalue weighted by Gasteiger charge is 2.44. The van der Waals surface area contributed by atoms with Crippen molar-refractivity contribution in [2.45, 2.75) is 44.9 Å². The third-order valence-corrected chi connectivity index (χ3v) is 9.22. The number of para-hydroxylation sites is 1. The zero-order valence-electron chi connectivity index (χ0n) is 23.2. The molecule has 0 aliphatic carbocycles. The number of piperidine rings is 1. The number of fused-ring (bicyclic) bond motifs is 6. The third-order valence-electron chi connectivity index (χ3n) is 9.22. The maximum atomic E-state index is 13.6. The molecular weight excluding hydrogens is 502 g/mol. The summed E-state index contributed by atoms with van der Waals surface area (Å²) in [5, 5.41) is 12.1. The predicted octanol–water partition coefficient (Wildman–Crippen LogP) is 5.31. The summed E-state index contributed by atoms with van der Waals surface area (Å²) in [5.41, 5.74) is 7.76. The van der Waals surface area contributed by atoms with Gasteiger partial charge in [-0.15, -0.1) is 0 Å². The van der Waals surface area contributed by atoms with Crippen molar-refractivity contribution in [2.75, 3.05) is 26.9 Å². The maximum absolute atomic E-state index is 13.6. The largest absolute Gasteiger partial charge is 0.454 e. The fraction of sp³-hybridized carbons (Fsp3) is 0.364. The Morgan fingerprint density at radius 2 is 1.90 bits per heavy atom. The van der Waals surface area contributed by atoms with E-state index in [4.69, 9.17) is 9.47 Å². The fourth-order valence-electron chi connectivity index (χ4n) is 7.00. The van der Waals surface area contributed by atoms with Gasteiger partial charge in [-0.1, -0.05) is 42.0 Å². The summed E-state index contributed by atoms with van der Waals surface area (Å²) in [5.74, 6) is 1.53. The van der Waals surface area contributed by atoms with E-state index in [1.807, 2.05) is 56.1 Å². The van der Waals surface area contributed by atoms with Crippen molar-refractivity contribution < 1.29 is 19.4 Å². The van der Waals surface area contributed by atoms with Gasteiger partial charge in [-0.25, -0.2) is 0 Å². The lowest BCUT2D eigenvalue weighted by Gasteiger charge is -2.49. The molecule has 3 aliphatic heterocycles. The van der Waals surface area contributed by atoms with E-state index < -0.39 is 6.10 Å². The Bertz CT molecular complexity index is 1590. The van der Waals surface area contributed by atoms with Crippen LogP contribution in [0.4, 0.5) is 0 Å². The van der Waals surface area contributed by atoms with Gasteiger partial charge in [-0.3, -0.25) is 9.69 Å². The van der Waals surface area contributed by atoms with E-state index >= 15 is 0 Å². The van der Waals surface area contributed by atoms with Gasteiger partial charge >= 0.3 is 0 Å². The highest BCUT2D eigenvalue weighted by atomic mass is 16.7. The van der Waals surface area contributed by atoms with Gasteiger partial charge in [0, 0.05) is 54.3 Å². The van der Waals surface area contributed by atoms with Gasteiger partial charge < -0.3 is 24.5 Å². The number of aromatic amines is 1. The van der Waals surface area contributed by atoms with Crippen molar-refractivity contribution in [1.82, 2.24) is 14.8 Å². The molecular formula is C33H35N3O4. The first-order valence-electron chi connectivity index (χ1n) is 14.2. The number of hydrogen-bond donors (Lipinski definition) is 2. The first kappa shape index (κ1) is 25.2. The van der Waals surface area contributed by atoms with Crippen LogP contribution in [0.1, 0.15) is 46.6 Å². The number of aromatic nitrogens is 1. The van der Waals surface area contributed by atoms with E-state index in [1.165, 1.54) is 16.6 Å². The summed E-state index contributed by atoms with van der Waals surface area (Å²) < 4.78 is 11.2. The van der Waals surface area contributed by atoms with Crippen LogP contribution in [0.2, 0.25) is 0 Å². The first-order valence-corrected chi connectivity index (χ1v) is 14.2. The molecule has 1 fully saturated rings. The molecule has 2 N–H and O–H groups in total. The van der Waals surface area contributed by atoms with Crippen LogP contribution >= 0.6 is 0 Å². The number of rotatable bonds is 4. The van der Waals surface area contributed by atoms with E-state index in [0.29, 0.717) is 5.56 Å². The quantitative estimate of drug-likeness (QED) is 0.369. The molecule has 0 bridgehead atoms. The third kappa shape index (κ3) is 4.07. The average molecular weight is 538 g/mol. The van der Waals surface area contributed by atoms with Crippen molar-refractivity contribution in [2.24, 2.45) is 5.92 Å². The van der Waals surface area contributed by atoms with Gasteiger partial charge in [0.05, 0.1) is 17.7 Å². The number of ether oxygens (including phenoxy) is 2. The van der Waals surface area contributed by atoms with Crippen LogP contribution in [0.5, 0.6) is 11.5 Å². The van der Waals surface area contributed by atoms with Gasteiger partial charge in [0.15, 0.2) is 11.5 Å². The summed E-state index contributed by atoms with van der Waals surface area (Å²) in [6.07, 6.45) is 1.20. The number of nitrogens with one attached hydrogen (secondary N) is 1. The number of carbonyl (C=O) groups is 1. The molecule has 7 nitrogen and oxygen atoms in total. The van der Waals surface area contributed by atoms with Gasteiger partial charge in [-0.2, -0.15) is 0 Å². The Labute approximate surface area is 234 Å².